The van der Waals surface area contributed by atoms with Gasteiger partial charge in [0, 0.05) is 16.6 Å². The van der Waals surface area contributed by atoms with Crippen LogP contribution in [0.2, 0.25) is 10.0 Å². The van der Waals surface area contributed by atoms with E-state index in [-0.39, 0.29) is 18.0 Å². The Bertz CT molecular complexity index is 720. The van der Waals surface area contributed by atoms with Gasteiger partial charge in [0.15, 0.2) is 0 Å². The lowest BCUT2D eigenvalue weighted by Gasteiger charge is -2.09. The first-order valence-corrected chi connectivity index (χ1v) is 7.04. The van der Waals surface area contributed by atoms with E-state index in [9.17, 15) is 14.7 Å². The van der Waals surface area contributed by atoms with Gasteiger partial charge in [-0.1, -0.05) is 41.4 Å². The van der Waals surface area contributed by atoms with E-state index in [4.69, 9.17) is 23.2 Å². The molecular weight excluding hydrogens is 327 g/mol. The molecule has 0 heterocycles. The molecule has 7 heteroatoms. The van der Waals surface area contributed by atoms with Crippen molar-refractivity contribution in [1.82, 2.24) is 5.32 Å². The van der Waals surface area contributed by atoms with E-state index in [1.165, 1.54) is 18.2 Å². The molecule has 0 spiro atoms. The second-order valence-corrected chi connectivity index (χ2v) is 5.23. The highest BCUT2D eigenvalue weighted by atomic mass is 35.5. The van der Waals surface area contributed by atoms with Gasteiger partial charge in [-0.15, -0.1) is 0 Å². The number of phenolic OH excluding ortho intramolecular Hbond substituents is 1. The fourth-order valence-electron chi connectivity index (χ4n) is 1.69. The molecule has 2 aromatic rings. The number of rotatable bonds is 3. The van der Waals surface area contributed by atoms with Crippen LogP contribution in [0, 0.1) is 0 Å². The molecule has 114 valence electrons. The topological polar surface area (TPSA) is 78.4 Å². The first-order valence-electron chi connectivity index (χ1n) is 6.28. The van der Waals surface area contributed by atoms with Gasteiger partial charge in [0.1, 0.15) is 5.75 Å². The molecule has 0 aliphatic carbocycles. The molecule has 0 saturated heterocycles. The van der Waals surface area contributed by atoms with Crippen molar-refractivity contribution in [2.24, 2.45) is 0 Å². The predicted octanol–water partition coefficient (Wildman–Crippen LogP) is 2.95. The second kappa shape index (κ2) is 7.15. The summed E-state index contributed by atoms with van der Waals surface area (Å²) in [5.74, 6) is -1.94. The number of carbonyl (C=O) groups is 2. The van der Waals surface area contributed by atoms with Crippen molar-refractivity contribution < 1.29 is 14.7 Å². The standard InChI is InChI=1S/C15H12Cl2N2O3/c16-10-5-6-13(20)12(7-10)19-15(22)14(21)18-8-9-3-1-2-4-11(9)17/h1-7,20H,8H2,(H,18,21)(H,19,22). The van der Waals surface area contributed by atoms with Gasteiger partial charge in [0.05, 0.1) is 5.69 Å². The Kier molecular flexibility index (Phi) is 5.25. The minimum absolute atomic E-state index is 0.0605. The lowest BCUT2D eigenvalue weighted by atomic mass is 10.2. The average molecular weight is 339 g/mol. The summed E-state index contributed by atoms with van der Waals surface area (Å²) in [6.45, 7) is 0.119. The van der Waals surface area contributed by atoms with Crippen LogP contribution in [-0.4, -0.2) is 16.9 Å². The van der Waals surface area contributed by atoms with Gasteiger partial charge < -0.3 is 15.7 Å². The molecule has 0 aliphatic rings. The fourth-order valence-corrected chi connectivity index (χ4v) is 2.06. The molecule has 0 atom stereocenters. The number of nitrogens with one attached hydrogen (secondary N) is 2. The Morgan fingerprint density at radius 3 is 2.50 bits per heavy atom. The van der Waals surface area contributed by atoms with E-state index >= 15 is 0 Å². The average Bonchev–Trinajstić information content (AvgIpc) is 2.49. The lowest BCUT2D eigenvalue weighted by molar-refractivity contribution is -0.136. The number of phenols is 1. The number of hydrogen-bond donors (Lipinski definition) is 3. The van der Waals surface area contributed by atoms with Crippen LogP contribution in [0.15, 0.2) is 42.5 Å². The predicted molar refractivity (Wildman–Crippen MR) is 85.0 cm³/mol. The van der Waals surface area contributed by atoms with Gasteiger partial charge in [-0.3, -0.25) is 9.59 Å². The Morgan fingerprint density at radius 2 is 1.77 bits per heavy atom. The van der Waals surface area contributed by atoms with E-state index < -0.39 is 11.8 Å². The van der Waals surface area contributed by atoms with Crippen LogP contribution < -0.4 is 10.6 Å². The maximum Gasteiger partial charge on any atom is 0.313 e. The van der Waals surface area contributed by atoms with Crippen molar-refractivity contribution in [2.75, 3.05) is 5.32 Å². The molecule has 0 unspecified atom stereocenters. The summed E-state index contributed by atoms with van der Waals surface area (Å²) in [5.41, 5.74) is 0.751. The van der Waals surface area contributed by atoms with Gasteiger partial charge in [0.25, 0.3) is 0 Å². The van der Waals surface area contributed by atoms with Gasteiger partial charge >= 0.3 is 11.8 Å². The Labute approximate surface area is 136 Å². The second-order valence-electron chi connectivity index (χ2n) is 4.39. The summed E-state index contributed by atoms with van der Waals surface area (Å²) in [7, 11) is 0. The van der Waals surface area contributed by atoms with E-state index in [1.807, 2.05) is 0 Å². The highest BCUT2D eigenvalue weighted by Gasteiger charge is 2.15. The SMILES string of the molecule is O=C(NCc1ccccc1Cl)C(=O)Nc1cc(Cl)ccc1O. The van der Waals surface area contributed by atoms with E-state index in [0.717, 1.165) is 0 Å². The molecule has 0 radical (unpaired) electrons. The fraction of sp³-hybridized carbons (Fsp3) is 0.0667. The molecule has 0 saturated carbocycles. The highest BCUT2D eigenvalue weighted by molar-refractivity contribution is 6.40. The van der Waals surface area contributed by atoms with Crippen molar-refractivity contribution in [3.8, 4) is 5.75 Å². The van der Waals surface area contributed by atoms with Crippen LogP contribution in [0.4, 0.5) is 5.69 Å². The van der Waals surface area contributed by atoms with Crippen LogP contribution in [0.3, 0.4) is 0 Å². The van der Waals surface area contributed by atoms with Crippen LogP contribution in [0.25, 0.3) is 0 Å². The molecule has 0 fully saturated rings. The molecule has 2 aromatic carbocycles. The van der Waals surface area contributed by atoms with Crippen LogP contribution in [0.5, 0.6) is 5.75 Å². The Hall–Kier alpha value is -2.24. The number of benzene rings is 2. The molecule has 22 heavy (non-hydrogen) atoms. The summed E-state index contributed by atoms with van der Waals surface area (Å²) < 4.78 is 0. The summed E-state index contributed by atoms with van der Waals surface area (Å²) in [4.78, 5) is 23.5. The molecule has 0 bridgehead atoms. The number of aromatic hydroxyl groups is 1. The first kappa shape index (κ1) is 16.1. The largest absolute Gasteiger partial charge is 0.506 e. The molecule has 0 aliphatic heterocycles. The summed E-state index contributed by atoms with van der Waals surface area (Å²) in [5, 5.41) is 15.1. The molecule has 0 aromatic heterocycles. The quantitative estimate of drug-likeness (QED) is 0.594. The summed E-state index contributed by atoms with van der Waals surface area (Å²) in [6, 6.07) is 11.1. The van der Waals surface area contributed by atoms with Gasteiger partial charge in [0.2, 0.25) is 0 Å². The van der Waals surface area contributed by atoms with Crippen LogP contribution in [-0.2, 0) is 16.1 Å². The zero-order valence-corrected chi connectivity index (χ0v) is 12.8. The number of anilines is 1. The summed E-state index contributed by atoms with van der Waals surface area (Å²) in [6.07, 6.45) is 0. The third kappa shape index (κ3) is 4.13. The zero-order chi connectivity index (χ0) is 16.1. The molecule has 2 amide bonds. The molecule has 2 rings (SSSR count). The minimum Gasteiger partial charge on any atom is -0.506 e. The third-order valence-corrected chi connectivity index (χ3v) is 3.41. The van der Waals surface area contributed by atoms with Crippen LogP contribution in [0.1, 0.15) is 5.56 Å². The van der Waals surface area contributed by atoms with Crippen molar-refractivity contribution in [3.63, 3.8) is 0 Å². The zero-order valence-electron chi connectivity index (χ0n) is 11.3. The first-order chi connectivity index (χ1) is 10.5. The van der Waals surface area contributed by atoms with Crippen molar-refractivity contribution in [2.45, 2.75) is 6.54 Å². The molecular formula is C15H12Cl2N2O3. The minimum atomic E-state index is -0.912. The lowest BCUT2D eigenvalue weighted by Crippen LogP contribution is -2.35. The van der Waals surface area contributed by atoms with E-state index in [0.29, 0.717) is 15.6 Å². The molecule has 5 nitrogen and oxygen atoms in total. The number of hydrogen-bond acceptors (Lipinski definition) is 3. The van der Waals surface area contributed by atoms with Crippen molar-refractivity contribution >= 4 is 40.7 Å². The van der Waals surface area contributed by atoms with Gasteiger partial charge in [-0.2, -0.15) is 0 Å². The third-order valence-electron chi connectivity index (χ3n) is 2.81. The van der Waals surface area contributed by atoms with Gasteiger partial charge in [-0.25, -0.2) is 0 Å². The normalized spacial score (nSPS) is 10.1. The maximum absolute atomic E-state index is 11.8. The number of halogens is 2. The smallest absolute Gasteiger partial charge is 0.313 e. The van der Waals surface area contributed by atoms with E-state index in [2.05, 4.69) is 10.6 Å². The summed E-state index contributed by atoms with van der Waals surface area (Å²) >= 11 is 11.7. The maximum atomic E-state index is 11.8. The van der Waals surface area contributed by atoms with Gasteiger partial charge in [-0.05, 0) is 29.8 Å². The van der Waals surface area contributed by atoms with Crippen LogP contribution >= 0.6 is 23.2 Å². The van der Waals surface area contributed by atoms with Crippen molar-refractivity contribution in [1.29, 1.82) is 0 Å². The number of carbonyl (C=O) groups excluding carboxylic acids is 2. The number of amides is 2. The highest BCUT2D eigenvalue weighted by Crippen LogP contribution is 2.26. The monoisotopic (exact) mass is 338 g/mol. The van der Waals surface area contributed by atoms with Crippen molar-refractivity contribution in [3.05, 3.63) is 58.1 Å². The molecule has 3 N–H and O–H groups in total. The Morgan fingerprint density at radius 1 is 1.05 bits per heavy atom. The van der Waals surface area contributed by atoms with E-state index in [1.54, 1.807) is 24.3 Å². The Balaban J connectivity index is 1.97.